The van der Waals surface area contributed by atoms with Crippen molar-refractivity contribution >= 4 is 5.91 Å². The molecule has 4 heteroatoms. The van der Waals surface area contributed by atoms with Gasteiger partial charge in [-0.1, -0.05) is 31.2 Å². The highest BCUT2D eigenvalue weighted by Crippen LogP contribution is 2.22. The van der Waals surface area contributed by atoms with Gasteiger partial charge in [0.05, 0.1) is 13.2 Å². The summed E-state index contributed by atoms with van der Waals surface area (Å²) in [5.41, 5.74) is 2.82. The number of ether oxygens (including phenoxy) is 1. The quantitative estimate of drug-likeness (QED) is 0.832. The molecule has 0 N–H and O–H groups in total. The van der Waals surface area contributed by atoms with Crippen molar-refractivity contribution in [2.45, 2.75) is 39.2 Å². The summed E-state index contributed by atoms with van der Waals surface area (Å²) in [6.07, 6.45) is 4.06. The van der Waals surface area contributed by atoms with Crippen LogP contribution in [0.25, 0.3) is 0 Å². The van der Waals surface area contributed by atoms with Gasteiger partial charge in [0.2, 0.25) is 5.91 Å². The highest BCUT2D eigenvalue weighted by Gasteiger charge is 2.21. The standard InChI is InChI=1S/C20H30N2O2/c1-2-20(23)22-9-7-18(8-10-22)15-17-3-5-19(6-4-17)16-21-11-13-24-14-12-21/h3-6,18H,2,7-16H2,1H3. The monoisotopic (exact) mass is 330 g/mol. The molecule has 0 aliphatic carbocycles. The van der Waals surface area contributed by atoms with Crippen molar-refractivity contribution in [1.82, 2.24) is 9.80 Å². The lowest BCUT2D eigenvalue weighted by Crippen LogP contribution is -2.38. The molecule has 1 amide bonds. The Morgan fingerprint density at radius 3 is 2.29 bits per heavy atom. The minimum Gasteiger partial charge on any atom is -0.379 e. The second-order valence-corrected chi connectivity index (χ2v) is 7.09. The van der Waals surface area contributed by atoms with Gasteiger partial charge in [0.25, 0.3) is 0 Å². The topological polar surface area (TPSA) is 32.8 Å². The Labute approximate surface area is 145 Å². The van der Waals surface area contributed by atoms with Crippen LogP contribution in [-0.4, -0.2) is 55.1 Å². The molecule has 2 heterocycles. The van der Waals surface area contributed by atoms with E-state index in [1.807, 2.05) is 11.8 Å². The molecule has 1 aromatic rings. The lowest BCUT2D eigenvalue weighted by Gasteiger charge is -2.32. The Morgan fingerprint density at radius 2 is 1.67 bits per heavy atom. The fraction of sp³-hybridized carbons (Fsp3) is 0.650. The molecule has 1 aromatic carbocycles. The fourth-order valence-electron chi connectivity index (χ4n) is 3.74. The summed E-state index contributed by atoms with van der Waals surface area (Å²) in [4.78, 5) is 16.2. The van der Waals surface area contributed by atoms with Crippen LogP contribution < -0.4 is 0 Å². The van der Waals surface area contributed by atoms with E-state index in [4.69, 9.17) is 4.74 Å². The van der Waals surface area contributed by atoms with Crippen LogP contribution in [0.3, 0.4) is 0 Å². The number of hydrogen-bond donors (Lipinski definition) is 0. The summed E-state index contributed by atoms with van der Waals surface area (Å²) in [7, 11) is 0. The predicted molar refractivity (Wildman–Crippen MR) is 95.8 cm³/mol. The van der Waals surface area contributed by atoms with E-state index in [1.165, 1.54) is 11.1 Å². The summed E-state index contributed by atoms with van der Waals surface area (Å²) >= 11 is 0. The number of carbonyl (C=O) groups excluding carboxylic acids is 1. The second kappa shape index (κ2) is 8.63. The molecule has 0 aromatic heterocycles. The number of rotatable bonds is 5. The molecule has 2 fully saturated rings. The lowest BCUT2D eigenvalue weighted by atomic mass is 9.90. The molecule has 0 saturated carbocycles. The highest BCUT2D eigenvalue weighted by molar-refractivity contribution is 5.75. The predicted octanol–water partition coefficient (Wildman–Crippen LogP) is 2.71. The van der Waals surface area contributed by atoms with Gasteiger partial charge in [-0.3, -0.25) is 9.69 Å². The third-order valence-electron chi connectivity index (χ3n) is 5.33. The van der Waals surface area contributed by atoms with Crippen molar-refractivity contribution in [2.75, 3.05) is 39.4 Å². The minimum absolute atomic E-state index is 0.306. The van der Waals surface area contributed by atoms with Gasteiger partial charge >= 0.3 is 0 Å². The Kier molecular flexibility index (Phi) is 6.27. The zero-order chi connectivity index (χ0) is 16.8. The summed E-state index contributed by atoms with van der Waals surface area (Å²) in [6, 6.07) is 9.14. The first-order valence-electron chi connectivity index (χ1n) is 9.40. The number of hydrogen-bond acceptors (Lipinski definition) is 3. The van der Waals surface area contributed by atoms with Gasteiger partial charge in [0.1, 0.15) is 0 Å². The molecule has 24 heavy (non-hydrogen) atoms. The average Bonchev–Trinajstić information content (AvgIpc) is 2.64. The maximum atomic E-state index is 11.7. The molecule has 2 aliphatic heterocycles. The van der Waals surface area contributed by atoms with Crippen LogP contribution in [0.4, 0.5) is 0 Å². The van der Waals surface area contributed by atoms with Crippen LogP contribution in [0.1, 0.15) is 37.3 Å². The molecule has 0 unspecified atom stereocenters. The van der Waals surface area contributed by atoms with Crippen molar-refractivity contribution in [3.8, 4) is 0 Å². The first-order chi connectivity index (χ1) is 11.7. The van der Waals surface area contributed by atoms with Crippen LogP contribution >= 0.6 is 0 Å². The van der Waals surface area contributed by atoms with E-state index < -0.39 is 0 Å². The molecule has 132 valence electrons. The minimum atomic E-state index is 0.306. The Hall–Kier alpha value is -1.39. The van der Waals surface area contributed by atoms with Crippen molar-refractivity contribution in [3.63, 3.8) is 0 Å². The number of benzene rings is 1. The summed E-state index contributed by atoms with van der Waals surface area (Å²) in [5.74, 6) is 1.02. The van der Waals surface area contributed by atoms with Crippen LogP contribution in [0.2, 0.25) is 0 Å². The summed E-state index contributed by atoms with van der Waals surface area (Å²) in [6.45, 7) is 8.65. The largest absolute Gasteiger partial charge is 0.379 e. The first kappa shape index (κ1) is 17.4. The number of nitrogens with zero attached hydrogens (tertiary/aromatic N) is 2. The van der Waals surface area contributed by atoms with Gasteiger partial charge in [-0.05, 0) is 36.3 Å². The number of morpholine rings is 1. The normalized spacial score (nSPS) is 20.3. The molecule has 4 nitrogen and oxygen atoms in total. The smallest absolute Gasteiger partial charge is 0.222 e. The third-order valence-corrected chi connectivity index (χ3v) is 5.33. The molecule has 3 rings (SSSR count). The number of piperidine rings is 1. The second-order valence-electron chi connectivity index (χ2n) is 7.09. The molecule has 0 spiro atoms. The first-order valence-corrected chi connectivity index (χ1v) is 9.40. The Balaban J connectivity index is 1.45. The third kappa shape index (κ3) is 4.81. The van der Waals surface area contributed by atoms with Gasteiger partial charge in [0, 0.05) is 39.1 Å². The van der Waals surface area contributed by atoms with Crippen LogP contribution in [-0.2, 0) is 22.5 Å². The van der Waals surface area contributed by atoms with Crippen LogP contribution in [0.5, 0.6) is 0 Å². The van der Waals surface area contributed by atoms with E-state index in [-0.39, 0.29) is 0 Å². The molecular weight excluding hydrogens is 300 g/mol. The van der Waals surface area contributed by atoms with Gasteiger partial charge in [-0.15, -0.1) is 0 Å². The molecular formula is C20H30N2O2. The van der Waals surface area contributed by atoms with Gasteiger partial charge in [0.15, 0.2) is 0 Å². The fourth-order valence-corrected chi connectivity index (χ4v) is 3.74. The number of carbonyl (C=O) groups is 1. The van der Waals surface area contributed by atoms with E-state index in [2.05, 4.69) is 29.2 Å². The van der Waals surface area contributed by atoms with Crippen molar-refractivity contribution in [2.24, 2.45) is 5.92 Å². The highest BCUT2D eigenvalue weighted by atomic mass is 16.5. The molecule has 2 saturated heterocycles. The van der Waals surface area contributed by atoms with E-state index in [0.29, 0.717) is 12.3 Å². The number of likely N-dealkylation sites (tertiary alicyclic amines) is 1. The number of amides is 1. The molecule has 2 aliphatic rings. The van der Waals surface area contributed by atoms with E-state index >= 15 is 0 Å². The van der Waals surface area contributed by atoms with E-state index in [9.17, 15) is 4.79 Å². The van der Waals surface area contributed by atoms with Crippen molar-refractivity contribution < 1.29 is 9.53 Å². The van der Waals surface area contributed by atoms with Crippen molar-refractivity contribution in [3.05, 3.63) is 35.4 Å². The van der Waals surface area contributed by atoms with Gasteiger partial charge < -0.3 is 9.64 Å². The SMILES string of the molecule is CCC(=O)N1CCC(Cc2ccc(CN3CCOCC3)cc2)CC1. The molecule has 0 radical (unpaired) electrons. The van der Waals surface area contributed by atoms with Gasteiger partial charge in [-0.2, -0.15) is 0 Å². The van der Waals surface area contributed by atoms with Crippen LogP contribution in [0, 0.1) is 5.92 Å². The molecule has 0 bridgehead atoms. The maximum Gasteiger partial charge on any atom is 0.222 e. The summed E-state index contributed by atoms with van der Waals surface area (Å²) < 4.78 is 5.40. The van der Waals surface area contributed by atoms with Crippen LogP contribution in [0.15, 0.2) is 24.3 Å². The Morgan fingerprint density at radius 1 is 1.04 bits per heavy atom. The average molecular weight is 330 g/mol. The lowest BCUT2D eigenvalue weighted by molar-refractivity contribution is -0.132. The van der Waals surface area contributed by atoms with Crippen molar-refractivity contribution in [1.29, 1.82) is 0 Å². The van der Waals surface area contributed by atoms with E-state index in [1.54, 1.807) is 0 Å². The maximum absolute atomic E-state index is 11.7. The summed E-state index contributed by atoms with van der Waals surface area (Å²) in [5, 5.41) is 0. The van der Waals surface area contributed by atoms with Gasteiger partial charge in [-0.25, -0.2) is 0 Å². The Bertz CT molecular complexity index is 515. The zero-order valence-electron chi connectivity index (χ0n) is 14.9. The molecule has 0 atom stereocenters. The van der Waals surface area contributed by atoms with E-state index in [0.717, 1.165) is 71.1 Å². The zero-order valence-corrected chi connectivity index (χ0v) is 14.9.